The van der Waals surface area contributed by atoms with E-state index in [1.54, 1.807) is 21.3 Å². The van der Waals surface area contributed by atoms with Crippen molar-refractivity contribution in [3.05, 3.63) is 0 Å². The summed E-state index contributed by atoms with van der Waals surface area (Å²) in [5, 5.41) is 6.07. The van der Waals surface area contributed by atoms with Crippen LogP contribution in [0.5, 0.6) is 0 Å². The third kappa shape index (κ3) is 11.7. The van der Waals surface area contributed by atoms with Gasteiger partial charge in [-0.25, -0.2) is 4.79 Å². The fourth-order valence-electron chi connectivity index (χ4n) is 1.82. The molecule has 0 aliphatic rings. The molecular formula is C15H32N2O5. The van der Waals surface area contributed by atoms with E-state index in [1.165, 1.54) is 0 Å². The highest BCUT2D eigenvalue weighted by Gasteiger charge is 2.16. The molecule has 7 nitrogen and oxygen atoms in total. The molecule has 1 unspecified atom stereocenters. The van der Waals surface area contributed by atoms with E-state index in [0.29, 0.717) is 19.7 Å². The summed E-state index contributed by atoms with van der Waals surface area (Å²) < 4.78 is 20.6. The number of carbonyl (C=O) groups is 1. The highest BCUT2D eigenvalue weighted by atomic mass is 16.7. The first-order valence-electron chi connectivity index (χ1n) is 7.57. The van der Waals surface area contributed by atoms with Gasteiger partial charge < -0.3 is 29.6 Å². The molecule has 0 heterocycles. The maximum atomic E-state index is 11.5. The summed E-state index contributed by atoms with van der Waals surface area (Å²) in [4.78, 5) is 11.5. The van der Waals surface area contributed by atoms with Crippen LogP contribution < -0.4 is 10.6 Å². The van der Waals surface area contributed by atoms with Crippen molar-refractivity contribution in [1.82, 2.24) is 10.6 Å². The lowest BCUT2D eigenvalue weighted by Gasteiger charge is -2.22. The second kappa shape index (κ2) is 11.6. The van der Waals surface area contributed by atoms with Crippen LogP contribution in [0.3, 0.4) is 0 Å². The number of nitrogens with one attached hydrogen (secondary N) is 2. The molecule has 0 spiro atoms. The number of hydrogen-bond acceptors (Lipinski definition) is 6. The van der Waals surface area contributed by atoms with Gasteiger partial charge in [0.15, 0.2) is 6.29 Å². The molecule has 2 N–H and O–H groups in total. The van der Waals surface area contributed by atoms with Crippen LogP contribution in [0.4, 0.5) is 4.79 Å². The Hall–Kier alpha value is -0.890. The molecule has 0 bridgehead atoms. The van der Waals surface area contributed by atoms with Gasteiger partial charge in [-0.3, -0.25) is 0 Å². The summed E-state index contributed by atoms with van der Waals surface area (Å²) >= 11 is 0. The maximum absolute atomic E-state index is 11.5. The van der Waals surface area contributed by atoms with E-state index in [1.807, 2.05) is 20.8 Å². The molecule has 0 fully saturated rings. The lowest BCUT2D eigenvalue weighted by Crippen LogP contribution is -2.40. The van der Waals surface area contributed by atoms with Gasteiger partial charge in [-0.15, -0.1) is 0 Å². The number of ether oxygens (including phenoxy) is 4. The molecule has 132 valence electrons. The van der Waals surface area contributed by atoms with Gasteiger partial charge in [0.1, 0.15) is 5.60 Å². The van der Waals surface area contributed by atoms with Crippen molar-refractivity contribution in [1.29, 1.82) is 0 Å². The number of alkyl carbamates (subject to hydrolysis) is 1. The topological polar surface area (TPSA) is 78.1 Å². The first-order valence-corrected chi connectivity index (χ1v) is 7.57. The summed E-state index contributed by atoms with van der Waals surface area (Å²) in [7, 11) is 4.87. The van der Waals surface area contributed by atoms with E-state index in [4.69, 9.17) is 18.9 Å². The number of carbonyl (C=O) groups excluding carboxylic acids is 1. The fraction of sp³-hybridized carbons (Fsp3) is 0.933. The largest absolute Gasteiger partial charge is 0.444 e. The van der Waals surface area contributed by atoms with Gasteiger partial charge in [0.05, 0.1) is 6.61 Å². The third-order valence-corrected chi connectivity index (χ3v) is 2.86. The van der Waals surface area contributed by atoms with Crippen LogP contribution in [0.25, 0.3) is 0 Å². The van der Waals surface area contributed by atoms with Gasteiger partial charge in [-0.1, -0.05) is 0 Å². The quantitative estimate of drug-likeness (QED) is 0.444. The monoisotopic (exact) mass is 320 g/mol. The minimum Gasteiger partial charge on any atom is -0.444 e. The predicted octanol–water partition coefficient (Wildman–Crippen LogP) is 1.51. The fourth-order valence-corrected chi connectivity index (χ4v) is 1.82. The Morgan fingerprint density at radius 3 is 2.27 bits per heavy atom. The highest BCUT2D eigenvalue weighted by molar-refractivity contribution is 5.67. The van der Waals surface area contributed by atoms with Gasteiger partial charge in [-0.2, -0.15) is 0 Å². The van der Waals surface area contributed by atoms with Crippen molar-refractivity contribution in [2.75, 3.05) is 41.0 Å². The molecule has 0 aliphatic carbocycles. The van der Waals surface area contributed by atoms with Gasteiger partial charge in [-0.05, 0) is 33.6 Å². The molecule has 7 heteroatoms. The van der Waals surface area contributed by atoms with Crippen molar-refractivity contribution >= 4 is 6.09 Å². The Balaban J connectivity index is 3.92. The Bertz CT molecular complexity index is 290. The molecular weight excluding hydrogens is 288 g/mol. The average molecular weight is 320 g/mol. The van der Waals surface area contributed by atoms with Gasteiger partial charge in [0.2, 0.25) is 0 Å². The Morgan fingerprint density at radius 2 is 1.77 bits per heavy atom. The molecule has 0 rings (SSSR count). The second-order valence-corrected chi connectivity index (χ2v) is 6.03. The van der Waals surface area contributed by atoms with Crippen LogP contribution in [0.2, 0.25) is 0 Å². The molecule has 0 aromatic carbocycles. The molecule has 0 aromatic rings. The molecule has 0 radical (unpaired) electrons. The smallest absolute Gasteiger partial charge is 0.407 e. The first-order chi connectivity index (χ1) is 10.3. The lowest BCUT2D eigenvalue weighted by molar-refractivity contribution is -0.101. The Morgan fingerprint density at radius 1 is 1.14 bits per heavy atom. The van der Waals surface area contributed by atoms with Crippen molar-refractivity contribution < 1.29 is 23.7 Å². The molecule has 22 heavy (non-hydrogen) atoms. The summed E-state index contributed by atoms with van der Waals surface area (Å²) in [6, 6.07) is 0.179. The molecule has 0 saturated carbocycles. The summed E-state index contributed by atoms with van der Waals surface area (Å²) in [5.41, 5.74) is -0.473. The van der Waals surface area contributed by atoms with Crippen LogP contribution in [-0.4, -0.2) is 65.1 Å². The molecule has 1 amide bonds. The van der Waals surface area contributed by atoms with Gasteiger partial charge >= 0.3 is 6.09 Å². The van der Waals surface area contributed by atoms with E-state index in [0.717, 1.165) is 12.8 Å². The number of methoxy groups -OCH3 is 3. The van der Waals surface area contributed by atoms with Gasteiger partial charge in [0.25, 0.3) is 0 Å². The minimum atomic E-state index is -0.473. The Kier molecular flexibility index (Phi) is 11.2. The predicted molar refractivity (Wildman–Crippen MR) is 84.9 cm³/mol. The van der Waals surface area contributed by atoms with Crippen LogP contribution >= 0.6 is 0 Å². The zero-order valence-corrected chi connectivity index (χ0v) is 14.7. The van der Waals surface area contributed by atoms with Crippen molar-refractivity contribution in [3.63, 3.8) is 0 Å². The summed E-state index contributed by atoms with van der Waals surface area (Å²) in [6.07, 6.45) is 1.02. The minimum absolute atomic E-state index is 0.179. The van der Waals surface area contributed by atoms with E-state index in [-0.39, 0.29) is 18.4 Å². The van der Waals surface area contributed by atoms with Crippen molar-refractivity contribution in [3.8, 4) is 0 Å². The highest BCUT2D eigenvalue weighted by Crippen LogP contribution is 2.06. The Labute approximate surface area is 134 Å². The van der Waals surface area contributed by atoms with Crippen LogP contribution in [0.1, 0.15) is 33.6 Å². The second-order valence-electron chi connectivity index (χ2n) is 6.03. The van der Waals surface area contributed by atoms with Gasteiger partial charge in [0, 0.05) is 40.5 Å². The van der Waals surface area contributed by atoms with Crippen molar-refractivity contribution in [2.24, 2.45) is 0 Å². The number of rotatable bonds is 11. The standard InChI is InChI=1S/C15H32N2O5/c1-15(2,3)22-14(18)16-9-7-8-12(11-19-4)17-10-13(20-5)21-6/h12-13,17H,7-11H2,1-6H3,(H,16,18). The molecule has 0 aliphatic heterocycles. The molecule has 0 saturated heterocycles. The van der Waals surface area contributed by atoms with Crippen LogP contribution in [-0.2, 0) is 18.9 Å². The van der Waals surface area contributed by atoms with E-state index < -0.39 is 5.60 Å². The third-order valence-electron chi connectivity index (χ3n) is 2.86. The summed E-state index contributed by atoms with van der Waals surface area (Å²) in [5.74, 6) is 0. The van der Waals surface area contributed by atoms with E-state index >= 15 is 0 Å². The SMILES string of the molecule is COCC(CCCNC(=O)OC(C)(C)C)NCC(OC)OC. The molecule has 1 atom stereocenters. The van der Waals surface area contributed by atoms with Crippen LogP contribution in [0, 0.1) is 0 Å². The zero-order valence-electron chi connectivity index (χ0n) is 14.7. The average Bonchev–Trinajstić information content (AvgIpc) is 2.42. The maximum Gasteiger partial charge on any atom is 0.407 e. The lowest BCUT2D eigenvalue weighted by atomic mass is 10.1. The zero-order chi connectivity index (χ0) is 17.0. The molecule has 0 aromatic heterocycles. The number of hydrogen-bond donors (Lipinski definition) is 2. The normalized spacial score (nSPS) is 13.2. The number of amides is 1. The van der Waals surface area contributed by atoms with E-state index in [2.05, 4.69) is 10.6 Å². The van der Waals surface area contributed by atoms with Crippen molar-refractivity contribution in [2.45, 2.75) is 51.5 Å². The first kappa shape index (κ1) is 21.1. The van der Waals surface area contributed by atoms with Crippen LogP contribution in [0.15, 0.2) is 0 Å². The van der Waals surface area contributed by atoms with E-state index in [9.17, 15) is 4.79 Å². The summed E-state index contributed by atoms with van der Waals surface area (Å²) in [6.45, 7) is 7.26.